The van der Waals surface area contributed by atoms with Gasteiger partial charge in [0, 0.05) is 37.9 Å². The molecule has 1 amide bonds. The summed E-state index contributed by atoms with van der Waals surface area (Å²) >= 11 is 0. The Morgan fingerprint density at radius 1 is 1.45 bits per heavy atom. The van der Waals surface area contributed by atoms with E-state index >= 15 is 0 Å². The van der Waals surface area contributed by atoms with Crippen LogP contribution in [0, 0.1) is 18.8 Å². The third kappa shape index (κ3) is 3.03. The van der Waals surface area contributed by atoms with Crippen molar-refractivity contribution in [3.63, 3.8) is 0 Å². The van der Waals surface area contributed by atoms with Crippen molar-refractivity contribution in [2.45, 2.75) is 39.3 Å². The van der Waals surface area contributed by atoms with E-state index in [-0.39, 0.29) is 18.6 Å². The second-order valence-corrected chi connectivity index (χ2v) is 6.52. The highest BCUT2D eigenvalue weighted by atomic mass is 16.3. The monoisotopic (exact) mass is 306 g/mol. The fourth-order valence-electron chi connectivity index (χ4n) is 3.63. The van der Waals surface area contributed by atoms with Gasteiger partial charge in [-0.1, -0.05) is 0 Å². The number of likely N-dealkylation sites (tertiary alicyclic amines) is 1. The molecule has 0 radical (unpaired) electrons. The van der Waals surface area contributed by atoms with Crippen LogP contribution >= 0.6 is 0 Å². The summed E-state index contributed by atoms with van der Waals surface area (Å²) in [6, 6.07) is 0.191. The lowest BCUT2D eigenvalue weighted by Crippen LogP contribution is -2.41. The zero-order valence-corrected chi connectivity index (χ0v) is 13.5. The molecule has 1 aliphatic heterocycles. The maximum Gasteiger partial charge on any atom is 0.255 e. The van der Waals surface area contributed by atoms with E-state index in [4.69, 9.17) is 5.11 Å². The molecular weight excluding hydrogens is 280 g/mol. The summed E-state index contributed by atoms with van der Waals surface area (Å²) in [6.45, 7) is 7.45. The molecule has 0 unspecified atom stereocenters. The Hall–Kier alpha value is -1.40. The molecule has 22 heavy (non-hydrogen) atoms. The SMILES string of the molecule is CCn1ncc(C(=O)N[C@@H]2CN(CCO)C[C@H]2C2CC2)c1C. The summed E-state index contributed by atoms with van der Waals surface area (Å²) in [6.07, 6.45) is 4.22. The second-order valence-electron chi connectivity index (χ2n) is 6.52. The predicted octanol–water partition coefficient (Wildman–Crippen LogP) is 0.644. The number of rotatable bonds is 6. The molecule has 122 valence electrons. The summed E-state index contributed by atoms with van der Waals surface area (Å²) < 4.78 is 1.85. The number of amides is 1. The minimum Gasteiger partial charge on any atom is -0.395 e. The van der Waals surface area contributed by atoms with E-state index in [2.05, 4.69) is 15.3 Å². The van der Waals surface area contributed by atoms with Gasteiger partial charge in [0.05, 0.1) is 18.4 Å². The zero-order valence-electron chi connectivity index (χ0n) is 13.5. The molecule has 3 rings (SSSR count). The Kier molecular flexibility index (Phi) is 4.49. The molecule has 2 atom stereocenters. The van der Waals surface area contributed by atoms with Gasteiger partial charge in [0.15, 0.2) is 0 Å². The number of hydrogen-bond acceptors (Lipinski definition) is 4. The highest BCUT2D eigenvalue weighted by Gasteiger charge is 2.42. The molecular formula is C16H26N4O2. The normalized spacial score (nSPS) is 25.6. The predicted molar refractivity (Wildman–Crippen MR) is 83.6 cm³/mol. The van der Waals surface area contributed by atoms with Crippen LogP contribution in [0.5, 0.6) is 0 Å². The van der Waals surface area contributed by atoms with Crippen LogP contribution in [0.15, 0.2) is 6.20 Å². The molecule has 0 aromatic carbocycles. The average Bonchev–Trinajstić information content (AvgIpc) is 3.16. The van der Waals surface area contributed by atoms with Gasteiger partial charge in [0.2, 0.25) is 0 Å². The highest BCUT2D eigenvalue weighted by molar-refractivity contribution is 5.95. The number of hydrogen-bond donors (Lipinski definition) is 2. The molecule has 0 spiro atoms. The Balaban J connectivity index is 1.67. The maximum absolute atomic E-state index is 12.6. The fraction of sp³-hybridized carbons (Fsp3) is 0.750. The van der Waals surface area contributed by atoms with Crippen LogP contribution in [0.2, 0.25) is 0 Å². The third-order valence-electron chi connectivity index (χ3n) is 5.05. The number of β-amino-alcohol motifs (C(OH)–C–C–N with tert-alkyl or cyclic N) is 1. The Morgan fingerprint density at radius 2 is 2.23 bits per heavy atom. The van der Waals surface area contributed by atoms with E-state index in [0.29, 0.717) is 18.0 Å². The summed E-state index contributed by atoms with van der Waals surface area (Å²) in [5.74, 6) is 1.25. The topological polar surface area (TPSA) is 70.4 Å². The minimum atomic E-state index is -0.0151. The molecule has 1 aromatic heterocycles. The van der Waals surface area contributed by atoms with Gasteiger partial charge < -0.3 is 10.4 Å². The van der Waals surface area contributed by atoms with E-state index in [1.807, 2.05) is 18.5 Å². The molecule has 1 saturated heterocycles. The first-order valence-corrected chi connectivity index (χ1v) is 8.30. The first-order chi connectivity index (χ1) is 10.6. The highest BCUT2D eigenvalue weighted by Crippen LogP contribution is 2.41. The number of aliphatic hydroxyl groups excluding tert-OH is 1. The van der Waals surface area contributed by atoms with Gasteiger partial charge in [-0.25, -0.2) is 0 Å². The second kappa shape index (κ2) is 6.38. The minimum absolute atomic E-state index is 0.0151. The van der Waals surface area contributed by atoms with E-state index in [9.17, 15) is 4.79 Å². The average molecular weight is 306 g/mol. The van der Waals surface area contributed by atoms with Crippen molar-refractivity contribution in [1.29, 1.82) is 0 Å². The van der Waals surface area contributed by atoms with Crippen molar-refractivity contribution in [3.05, 3.63) is 17.5 Å². The quantitative estimate of drug-likeness (QED) is 0.809. The Labute approximate surface area is 131 Å². The van der Waals surface area contributed by atoms with Crippen molar-refractivity contribution in [1.82, 2.24) is 20.0 Å². The molecule has 1 aliphatic carbocycles. The fourth-order valence-corrected chi connectivity index (χ4v) is 3.63. The molecule has 2 heterocycles. The number of aryl methyl sites for hydroxylation is 1. The summed E-state index contributed by atoms with van der Waals surface area (Å²) in [4.78, 5) is 14.8. The van der Waals surface area contributed by atoms with Crippen LogP contribution in [0.1, 0.15) is 35.8 Å². The van der Waals surface area contributed by atoms with E-state index in [1.54, 1.807) is 6.20 Å². The van der Waals surface area contributed by atoms with Gasteiger partial charge in [-0.15, -0.1) is 0 Å². The molecule has 2 N–H and O–H groups in total. The van der Waals surface area contributed by atoms with Gasteiger partial charge in [-0.3, -0.25) is 14.4 Å². The number of carbonyl (C=O) groups excluding carboxylic acids is 1. The van der Waals surface area contributed by atoms with Crippen molar-refractivity contribution in [2.75, 3.05) is 26.2 Å². The third-order valence-corrected chi connectivity index (χ3v) is 5.05. The smallest absolute Gasteiger partial charge is 0.255 e. The maximum atomic E-state index is 12.6. The number of nitrogens with zero attached hydrogens (tertiary/aromatic N) is 3. The number of aromatic nitrogens is 2. The Bertz CT molecular complexity index is 538. The van der Waals surface area contributed by atoms with Crippen molar-refractivity contribution >= 4 is 5.91 Å². The van der Waals surface area contributed by atoms with Crippen molar-refractivity contribution in [2.24, 2.45) is 11.8 Å². The number of aliphatic hydroxyl groups is 1. The van der Waals surface area contributed by atoms with Gasteiger partial charge in [0.25, 0.3) is 5.91 Å². The van der Waals surface area contributed by atoms with Gasteiger partial charge >= 0.3 is 0 Å². The summed E-state index contributed by atoms with van der Waals surface area (Å²) in [7, 11) is 0. The van der Waals surface area contributed by atoms with Crippen LogP contribution < -0.4 is 5.32 Å². The first-order valence-electron chi connectivity index (χ1n) is 8.30. The van der Waals surface area contributed by atoms with E-state index in [0.717, 1.165) is 31.2 Å². The van der Waals surface area contributed by atoms with Gasteiger partial charge in [0.1, 0.15) is 0 Å². The largest absolute Gasteiger partial charge is 0.395 e. The first kappa shape index (κ1) is 15.5. The number of nitrogens with one attached hydrogen (secondary N) is 1. The molecule has 0 bridgehead atoms. The van der Waals surface area contributed by atoms with Crippen LogP contribution in [-0.2, 0) is 6.54 Å². The molecule has 6 heteroatoms. The lowest BCUT2D eigenvalue weighted by Gasteiger charge is -2.19. The molecule has 6 nitrogen and oxygen atoms in total. The van der Waals surface area contributed by atoms with Crippen LogP contribution in [0.25, 0.3) is 0 Å². The molecule has 2 fully saturated rings. The standard InChI is InChI=1S/C16H26N4O2/c1-3-20-11(2)13(8-17-20)16(22)18-15-10-19(6-7-21)9-14(15)12-4-5-12/h8,12,14-15,21H,3-7,9-10H2,1-2H3,(H,18,22)/t14-,15+/m0/s1. The molecule has 1 saturated carbocycles. The van der Waals surface area contributed by atoms with E-state index in [1.165, 1.54) is 12.8 Å². The van der Waals surface area contributed by atoms with Crippen LogP contribution in [0.4, 0.5) is 0 Å². The molecule has 2 aliphatic rings. The number of carbonyl (C=O) groups is 1. The Morgan fingerprint density at radius 3 is 2.82 bits per heavy atom. The van der Waals surface area contributed by atoms with Gasteiger partial charge in [-0.05, 0) is 38.5 Å². The summed E-state index contributed by atoms with van der Waals surface area (Å²) in [5.41, 5.74) is 1.60. The van der Waals surface area contributed by atoms with Gasteiger partial charge in [-0.2, -0.15) is 5.10 Å². The zero-order chi connectivity index (χ0) is 15.7. The van der Waals surface area contributed by atoms with E-state index < -0.39 is 0 Å². The molecule has 1 aromatic rings. The lowest BCUT2D eigenvalue weighted by atomic mass is 9.98. The summed E-state index contributed by atoms with van der Waals surface area (Å²) in [5, 5.41) is 16.6. The van der Waals surface area contributed by atoms with Crippen molar-refractivity contribution in [3.8, 4) is 0 Å². The lowest BCUT2D eigenvalue weighted by molar-refractivity contribution is 0.0927. The van der Waals surface area contributed by atoms with Crippen molar-refractivity contribution < 1.29 is 9.90 Å². The van der Waals surface area contributed by atoms with Crippen LogP contribution in [0.3, 0.4) is 0 Å². The van der Waals surface area contributed by atoms with Crippen LogP contribution in [-0.4, -0.2) is 58.0 Å².